The van der Waals surface area contributed by atoms with E-state index in [1.54, 1.807) is 18.2 Å². The van der Waals surface area contributed by atoms with Gasteiger partial charge in [-0.25, -0.2) is 0 Å². The summed E-state index contributed by atoms with van der Waals surface area (Å²) in [6.07, 6.45) is 1.44. The lowest BCUT2D eigenvalue weighted by molar-refractivity contribution is -0.394. The molecule has 0 atom stereocenters. The number of nitro groups is 1. The van der Waals surface area contributed by atoms with Crippen LogP contribution in [-0.2, 0) is 0 Å². The van der Waals surface area contributed by atoms with Gasteiger partial charge in [0.15, 0.2) is 5.52 Å². The Morgan fingerprint density at radius 2 is 2.08 bits per heavy atom. The van der Waals surface area contributed by atoms with Gasteiger partial charge in [-0.2, -0.15) is 0 Å². The van der Waals surface area contributed by atoms with E-state index < -0.39 is 4.92 Å². The SMILES string of the molecule is O=[N+]([O-])c1ncc2ccccc2n1. The van der Waals surface area contributed by atoms with Crippen molar-refractivity contribution < 1.29 is 4.92 Å². The highest BCUT2D eigenvalue weighted by Gasteiger charge is 2.09. The molecular weight excluding hydrogens is 170 g/mol. The maximum Gasteiger partial charge on any atom is 0.469 e. The summed E-state index contributed by atoms with van der Waals surface area (Å²) in [4.78, 5) is 17.1. The molecule has 0 aliphatic carbocycles. The third-order valence-corrected chi connectivity index (χ3v) is 1.64. The Morgan fingerprint density at radius 1 is 1.31 bits per heavy atom. The number of rotatable bonds is 1. The van der Waals surface area contributed by atoms with Gasteiger partial charge in [0.05, 0.1) is 5.39 Å². The minimum absolute atomic E-state index is 0.362. The van der Waals surface area contributed by atoms with Gasteiger partial charge in [0.25, 0.3) is 0 Å². The molecule has 1 aromatic carbocycles. The Kier molecular flexibility index (Phi) is 1.63. The molecular formula is C8H5N3O2. The first-order chi connectivity index (χ1) is 6.27. The average molecular weight is 175 g/mol. The molecule has 2 rings (SSSR count). The second-order valence-electron chi connectivity index (χ2n) is 2.49. The summed E-state index contributed by atoms with van der Waals surface area (Å²) in [5, 5.41) is 11.1. The first kappa shape index (κ1) is 7.60. The fraction of sp³-hybridized carbons (Fsp3) is 0. The maximum atomic E-state index is 10.3. The normalized spacial score (nSPS) is 10.2. The van der Waals surface area contributed by atoms with E-state index >= 15 is 0 Å². The summed E-state index contributed by atoms with van der Waals surface area (Å²) in [7, 11) is 0. The molecule has 64 valence electrons. The molecule has 1 aromatic heterocycles. The van der Waals surface area contributed by atoms with Crippen molar-refractivity contribution in [1.82, 2.24) is 9.97 Å². The number of hydrogen-bond donors (Lipinski definition) is 0. The van der Waals surface area contributed by atoms with Gasteiger partial charge in [0.1, 0.15) is 6.20 Å². The van der Waals surface area contributed by atoms with Gasteiger partial charge in [0.2, 0.25) is 0 Å². The van der Waals surface area contributed by atoms with Gasteiger partial charge >= 0.3 is 5.95 Å². The van der Waals surface area contributed by atoms with Crippen LogP contribution >= 0.6 is 0 Å². The number of benzene rings is 1. The molecule has 0 N–H and O–H groups in total. The molecule has 5 nitrogen and oxygen atoms in total. The highest BCUT2D eigenvalue weighted by Crippen LogP contribution is 2.12. The Bertz CT molecular complexity index is 470. The molecule has 0 unspecified atom stereocenters. The molecule has 0 bridgehead atoms. The largest absolute Gasteiger partial charge is 0.469 e. The summed E-state index contributed by atoms with van der Waals surface area (Å²) in [5.74, 6) is -0.362. The van der Waals surface area contributed by atoms with Crippen molar-refractivity contribution >= 4 is 16.9 Å². The minimum Gasteiger partial charge on any atom is -0.390 e. The summed E-state index contributed by atoms with van der Waals surface area (Å²) in [6, 6.07) is 7.12. The second-order valence-corrected chi connectivity index (χ2v) is 2.49. The van der Waals surface area contributed by atoms with E-state index in [4.69, 9.17) is 0 Å². The predicted octanol–water partition coefficient (Wildman–Crippen LogP) is 1.54. The zero-order valence-corrected chi connectivity index (χ0v) is 6.54. The summed E-state index contributed by atoms with van der Waals surface area (Å²) in [6.45, 7) is 0. The molecule has 0 saturated heterocycles. The number of hydrogen-bond acceptors (Lipinski definition) is 4. The van der Waals surface area contributed by atoms with E-state index in [0.717, 1.165) is 5.39 Å². The van der Waals surface area contributed by atoms with Crippen LogP contribution < -0.4 is 0 Å². The molecule has 0 radical (unpaired) electrons. The lowest BCUT2D eigenvalue weighted by Gasteiger charge is -1.92. The number of nitrogens with zero attached hydrogens (tertiary/aromatic N) is 3. The summed E-state index contributed by atoms with van der Waals surface area (Å²) < 4.78 is 0. The Labute approximate surface area is 73.2 Å². The first-order valence-electron chi connectivity index (χ1n) is 3.63. The van der Waals surface area contributed by atoms with Gasteiger partial charge in [0, 0.05) is 0 Å². The van der Waals surface area contributed by atoms with Crippen LogP contribution in [-0.4, -0.2) is 14.9 Å². The lowest BCUT2D eigenvalue weighted by Crippen LogP contribution is -1.95. The van der Waals surface area contributed by atoms with Crippen molar-refractivity contribution in [2.45, 2.75) is 0 Å². The van der Waals surface area contributed by atoms with Gasteiger partial charge in [-0.15, -0.1) is 0 Å². The van der Waals surface area contributed by atoms with Crippen LogP contribution in [0.4, 0.5) is 5.95 Å². The zero-order valence-electron chi connectivity index (χ0n) is 6.54. The predicted molar refractivity (Wildman–Crippen MR) is 46.2 cm³/mol. The van der Waals surface area contributed by atoms with Crippen molar-refractivity contribution in [1.29, 1.82) is 0 Å². The molecule has 0 spiro atoms. The van der Waals surface area contributed by atoms with E-state index in [1.165, 1.54) is 6.20 Å². The lowest BCUT2D eigenvalue weighted by atomic mass is 10.2. The van der Waals surface area contributed by atoms with Gasteiger partial charge in [-0.05, 0) is 17.1 Å². The van der Waals surface area contributed by atoms with E-state index in [-0.39, 0.29) is 5.95 Å². The third kappa shape index (κ3) is 1.31. The topological polar surface area (TPSA) is 68.9 Å². The molecule has 1 heterocycles. The van der Waals surface area contributed by atoms with Crippen LogP contribution in [0.2, 0.25) is 0 Å². The summed E-state index contributed by atoms with van der Waals surface area (Å²) >= 11 is 0. The van der Waals surface area contributed by atoms with Crippen LogP contribution in [0.15, 0.2) is 30.5 Å². The maximum absolute atomic E-state index is 10.3. The third-order valence-electron chi connectivity index (χ3n) is 1.64. The van der Waals surface area contributed by atoms with Crippen molar-refractivity contribution in [3.8, 4) is 0 Å². The molecule has 2 aromatic rings. The van der Waals surface area contributed by atoms with Gasteiger partial charge in [-0.1, -0.05) is 22.1 Å². The number of aromatic nitrogens is 2. The van der Waals surface area contributed by atoms with E-state index in [0.29, 0.717) is 5.52 Å². The van der Waals surface area contributed by atoms with E-state index in [9.17, 15) is 10.1 Å². The standard InChI is InChI=1S/C8H5N3O2/c12-11(13)8-9-5-6-3-1-2-4-7(6)10-8/h1-5H. The Morgan fingerprint density at radius 3 is 2.85 bits per heavy atom. The fourth-order valence-electron chi connectivity index (χ4n) is 1.05. The first-order valence-corrected chi connectivity index (χ1v) is 3.63. The number of para-hydroxylation sites is 1. The average Bonchev–Trinajstić information content (AvgIpc) is 2.17. The Hall–Kier alpha value is -2.04. The smallest absolute Gasteiger partial charge is 0.390 e. The molecule has 0 aliphatic rings. The van der Waals surface area contributed by atoms with Gasteiger partial charge < -0.3 is 10.1 Å². The van der Waals surface area contributed by atoms with Crippen molar-refractivity contribution in [3.05, 3.63) is 40.6 Å². The van der Waals surface area contributed by atoms with Crippen molar-refractivity contribution in [2.24, 2.45) is 0 Å². The Balaban J connectivity index is 2.69. The van der Waals surface area contributed by atoms with Crippen LogP contribution in [0.5, 0.6) is 0 Å². The van der Waals surface area contributed by atoms with Crippen LogP contribution in [0.1, 0.15) is 0 Å². The quantitative estimate of drug-likeness (QED) is 0.487. The van der Waals surface area contributed by atoms with Crippen LogP contribution in [0.25, 0.3) is 10.9 Å². The molecule has 0 aliphatic heterocycles. The highest BCUT2D eigenvalue weighted by atomic mass is 16.6. The molecule has 0 fully saturated rings. The van der Waals surface area contributed by atoms with Crippen molar-refractivity contribution in [3.63, 3.8) is 0 Å². The molecule has 13 heavy (non-hydrogen) atoms. The van der Waals surface area contributed by atoms with Crippen LogP contribution in [0.3, 0.4) is 0 Å². The molecule has 0 saturated carbocycles. The van der Waals surface area contributed by atoms with Crippen molar-refractivity contribution in [2.75, 3.05) is 0 Å². The minimum atomic E-state index is -0.605. The molecule has 0 amide bonds. The summed E-state index contributed by atoms with van der Waals surface area (Å²) in [5.41, 5.74) is 0.587. The molecule has 5 heteroatoms. The highest BCUT2D eigenvalue weighted by molar-refractivity contribution is 5.77. The number of fused-ring (bicyclic) bond motifs is 1. The zero-order chi connectivity index (χ0) is 9.26. The van der Waals surface area contributed by atoms with Crippen LogP contribution in [0, 0.1) is 10.1 Å². The van der Waals surface area contributed by atoms with Gasteiger partial charge in [-0.3, -0.25) is 0 Å². The van der Waals surface area contributed by atoms with E-state index in [2.05, 4.69) is 9.97 Å². The van der Waals surface area contributed by atoms with E-state index in [1.807, 2.05) is 6.07 Å². The monoisotopic (exact) mass is 175 g/mol. The second kappa shape index (κ2) is 2.78. The fourth-order valence-corrected chi connectivity index (χ4v) is 1.05.